The van der Waals surface area contributed by atoms with Gasteiger partial charge >= 0.3 is 5.69 Å². The molecule has 7 heteroatoms. The topological polar surface area (TPSA) is 84.2 Å². The molecule has 0 aromatic carbocycles. The van der Waals surface area contributed by atoms with Crippen molar-refractivity contribution in [1.29, 1.82) is 0 Å². The molecule has 0 bridgehead atoms. The van der Waals surface area contributed by atoms with Gasteiger partial charge in [-0.05, 0) is 12.3 Å². The van der Waals surface area contributed by atoms with Crippen LogP contribution in [0.25, 0.3) is 0 Å². The Balaban J connectivity index is 3.13. The van der Waals surface area contributed by atoms with Gasteiger partial charge in [0.1, 0.15) is 6.20 Å². The van der Waals surface area contributed by atoms with Crippen LogP contribution in [-0.4, -0.2) is 35.0 Å². The minimum Gasteiger partial charge on any atom is -0.354 e. The van der Waals surface area contributed by atoms with Crippen molar-refractivity contribution in [1.82, 2.24) is 9.97 Å². The maximum atomic E-state index is 11.0. The predicted octanol–water partition coefficient (Wildman–Crippen LogP) is 2.30. The largest absolute Gasteiger partial charge is 0.354 e. The lowest BCUT2D eigenvalue weighted by Crippen LogP contribution is -2.30. The van der Waals surface area contributed by atoms with Gasteiger partial charge in [-0.15, -0.1) is 0 Å². The quantitative estimate of drug-likeness (QED) is 0.651. The molecule has 0 atom stereocenters. The Morgan fingerprint density at radius 2 is 2.11 bits per heavy atom. The summed E-state index contributed by atoms with van der Waals surface area (Å²) in [5, 5.41) is 14.0. The van der Waals surface area contributed by atoms with Crippen LogP contribution in [0.1, 0.15) is 27.7 Å². The summed E-state index contributed by atoms with van der Waals surface area (Å²) in [6.07, 6.45) is 1.25. The van der Waals surface area contributed by atoms with Gasteiger partial charge in [0.05, 0.1) is 4.92 Å². The summed E-state index contributed by atoms with van der Waals surface area (Å²) >= 11 is 0. The van der Waals surface area contributed by atoms with E-state index < -0.39 is 4.92 Å². The molecule has 0 aliphatic rings. The molecular weight excluding hydrogens is 246 g/mol. The molecule has 1 N–H and O–H groups in total. The van der Waals surface area contributed by atoms with Gasteiger partial charge in [0, 0.05) is 20.1 Å². The summed E-state index contributed by atoms with van der Waals surface area (Å²) in [6.45, 7) is 9.46. The lowest BCUT2D eigenvalue weighted by Gasteiger charge is -2.27. The Morgan fingerprint density at radius 1 is 1.47 bits per heavy atom. The van der Waals surface area contributed by atoms with Crippen LogP contribution >= 0.6 is 0 Å². The lowest BCUT2D eigenvalue weighted by molar-refractivity contribution is -0.384. The average Bonchev–Trinajstić information content (AvgIpc) is 2.26. The van der Waals surface area contributed by atoms with Gasteiger partial charge in [0.15, 0.2) is 0 Å². The van der Waals surface area contributed by atoms with E-state index in [2.05, 4.69) is 36.1 Å². The third kappa shape index (κ3) is 4.35. The van der Waals surface area contributed by atoms with E-state index in [4.69, 9.17) is 0 Å². The molecule has 0 saturated carbocycles. The van der Waals surface area contributed by atoms with Crippen molar-refractivity contribution < 1.29 is 4.92 Å². The minimum atomic E-state index is -0.454. The average molecular weight is 267 g/mol. The van der Waals surface area contributed by atoms with E-state index in [9.17, 15) is 10.1 Å². The zero-order valence-corrected chi connectivity index (χ0v) is 12.1. The van der Waals surface area contributed by atoms with Gasteiger partial charge in [-0.25, -0.2) is 4.98 Å². The van der Waals surface area contributed by atoms with Gasteiger partial charge in [0.2, 0.25) is 11.8 Å². The predicted molar refractivity (Wildman–Crippen MR) is 75.6 cm³/mol. The standard InChI is InChI=1S/C12H21N5O2/c1-6-13-11-14-7-9(17(18)19)10(15-11)16(5)8-12(2,3)4/h7H,6,8H2,1-5H3,(H,13,14,15). The fourth-order valence-electron chi connectivity index (χ4n) is 1.81. The fraction of sp³-hybridized carbons (Fsp3) is 0.667. The molecule has 1 aromatic heterocycles. The molecule has 0 amide bonds. The molecule has 0 saturated heterocycles. The smallest absolute Gasteiger partial charge is 0.329 e. The number of nitrogens with one attached hydrogen (secondary N) is 1. The van der Waals surface area contributed by atoms with Crippen molar-refractivity contribution in [2.75, 3.05) is 30.4 Å². The maximum absolute atomic E-state index is 11.0. The van der Waals surface area contributed by atoms with E-state index in [0.717, 1.165) is 0 Å². The molecule has 1 rings (SSSR count). The van der Waals surface area contributed by atoms with E-state index in [1.165, 1.54) is 6.20 Å². The molecule has 0 fully saturated rings. The van der Waals surface area contributed by atoms with Crippen LogP contribution in [0.5, 0.6) is 0 Å². The molecule has 0 spiro atoms. The first-order chi connectivity index (χ1) is 8.74. The number of aromatic nitrogens is 2. The summed E-state index contributed by atoms with van der Waals surface area (Å²) in [5.74, 6) is 0.745. The number of anilines is 2. The minimum absolute atomic E-state index is 0.0198. The number of hydrogen-bond acceptors (Lipinski definition) is 6. The second-order valence-electron chi connectivity index (χ2n) is 5.61. The Labute approximate surface area is 113 Å². The number of hydrogen-bond donors (Lipinski definition) is 1. The Hall–Kier alpha value is -1.92. The number of rotatable bonds is 5. The number of nitrogens with zero attached hydrogens (tertiary/aromatic N) is 4. The molecule has 1 heterocycles. The maximum Gasteiger partial charge on any atom is 0.329 e. The van der Waals surface area contributed by atoms with Gasteiger partial charge in [0.25, 0.3) is 0 Å². The highest BCUT2D eigenvalue weighted by atomic mass is 16.6. The molecule has 0 aliphatic carbocycles. The first kappa shape index (κ1) is 15.1. The van der Waals surface area contributed by atoms with E-state index in [-0.39, 0.29) is 11.1 Å². The molecule has 7 nitrogen and oxygen atoms in total. The first-order valence-electron chi connectivity index (χ1n) is 6.21. The molecule has 19 heavy (non-hydrogen) atoms. The van der Waals surface area contributed by atoms with E-state index in [1.807, 2.05) is 6.92 Å². The zero-order valence-electron chi connectivity index (χ0n) is 12.1. The summed E-state index contributed by atoms with van der Waals surface area (Å²) < 4.78 is 0. The third-order valence-corrected chi connectivity index (χ3v) is 2.35. The van der Waals surface area contributed by atoms with Crippen molar-refractivity contribution in [3.05, 3.63) is 16.3 Å². The van der Waals surface area contributed by atoms with Gasteiger partial charge < -0.3 is 10.2 Å². The second kappa shape index (κ2) is 5.81. The molecule has 0 unspecified atom stereocenters. The normalized spacial score (nSPS) is 11.2. The Kier molecular flexibility index (Phi) is 4.63. The molecule has 106 valence electrons. The summed E-state index contributed by atoms with van der Waals surface area (Å²) in [7, 11) is 1.80. The first-order valence-corrected chi connectivity index (χ1v) is 6.21. The third-order valence-electron chi connectivity index (χ3n) is 2.35. The van der Waals surface area contributed by atoms with E-state index in [1.54, 1.807) is 11.9 Å². The highest BCUT2D eigenvalue weighted by Crippen LogP contribution is 2.27. The van der Waals surface area contributed by atoms with Crippen molar-refractivity contribution >= 4 is 17.5 Å². The summed E-state index contributed by atoms with van der Waals surface area (Å²) in [6, 6.07) is 0. The summed E-state index contributed by atoms with van der Waals surface area (Å²) in [4.78, 5) is 20.5. The van der Waals surface area contributed by atoms with E-state index in [0.29, 0.717) is 24.9 Å². The summed E-state index contributed by atoms with van der Waals surface area (Å²) in [5.41, 5.74) is -0.0558. The van der Waals surface area contributed by atoms with Gasteiger partial charge in [-0.3, -0.25) is 10.1 Å². The van der Waals surface area contributed by atoms with Crippen molar-refractivity contribution in [3.63, 3.8) is 0 Å². The Bertz CT molecular complexity index is 456. The van der Waals surface area contributed by atoms with E-state index >= 15 is 0 Å². The molecule has 0 aliphatic heterocycles. The van der Waals surface area contributed by atoms with Crippen LogP contribution in [0.15, 0.2) is 6.20 Å². The second-order valence-corrected chi connectivity index (χ2v) is 5.61. The fourth-order valence-corrected chi connectivity index (χ4v) is 1.81. The molecule has 1 aromatic rings. The zero-order chi connectivity index (χ0) is 14.6. The van der Waals surface area contributed by atoms with Crippen molar-refractivity contribution in [2.45, 2.75) is 27.7 Å². The van der Waals surface area contributed by atoms with Crippen LogP contribution in [0.2, 0.25) is 0 Å². The van der Waals surface area contributed by atoms with Crippen LogP contribution in [0.3, 0.4) is 0 Å². The highest BCUT2D eigenvalue weighted by molar-refractivity contribution is 5.58. The van der Waals surface area contributed by atoms with Crippen LogP contribution in [-0.2, 0) is 0 Å². The lowest BCUT2D eigenvalue weighted by atomic mass is 9.96. The monoisotopic (exact) mass is 267 g/mol. The van der Waals surface area contributed by atoms with Crippen LogP contribution in [0.4, 0.5) is 17.5 Å². The van der Waals surface area contributed by atoms with Crippen molar-refractivity contribution in [2.24, 2.45) is 5.41 Å². The number of nitro groups is 1. The molecular formula is C12H21N5O2. The SMILES string of the molecule is CCNc1ncc([N+](=O)[O-])c(N(C)CC(C)(C)C)n1. The van der Waals surface area contributed by atoms with Gasteiger partial charge in [-0.1, -0.05) is 20.8 Å². The van der Waals surface area contributed by atoms with Crippen LogP contribution in [0, 0.1) is 15.5 Å². The van der Waals surface area contributed by atoms with Crippen molar-refractivity contribution in [3.8, 4) is 0 Å². The highest BCUT2D eigenvalue weighted by Gasteiger charge is 2.23. The van der Waals surface area contributed by atoms with Gasteiger partial charge in [-0.2, -0.15) is 4.98 Å². The Morgan fingerprint density at radius 3 is 2.58 bits per heavy atom. The van der Waals surface area contributed by atoms with Crippen LogP contribution < -0.4 is 10.2 Å². The molecule has 0 radical (unpaired) electrons.